The molecule has 7 nitrogen and oxygen atoms in total. The van der Waals surface area contributed by atoms with Gasteiger partial charge in [0.2, 0.25) is 0 Å². The molecule has 2 rings (SSSR count). The van der Waals surface area contributed by atoms with Crippen molar-refractivity contribution in [1.82, 2.24) is 4.57 Å². The van der Waals surface area contributed by atoms with Crippen LogP contribution in [0.4, 0.5) is 13.2 Å². The number of ether oxygens (including phenoxy) is 3. The van der Waals surface area contributed by atoms with Gasteiger partial charge in [-0.15, -0.1) is 0 Å². The fraction of sp³-hybridized carbons (Fsp3) is 0.278. The molecule has 0 saturated carbocycles. The maximum absolute atomic E-state index is 13.7. The molecule has 0 unspecified atom stereocenters. The molecule has 1 aromatic carbocycles. The van der Waals surface area contributed by atoms with E-state index in [1.165, 1.54) is 31.4 Å². The predicted molar refractivity (Wildman–Crippen MR) is 101 cm³/mol. The summed E-state index contributed by atoms with van der Waals surface area (Å²) in [4.78, 5) is 23.4. The molecular weight excluding hydrogens is 497 g/mol. The molecule has 0 amide bonds. The summed E-state index contributed by atoms with van der Waals surface area (Å²) in [6.07, 6.45) is -4.90. The third-order valence-electron chi connectivity index (χ3n) is 3.71. The number of hydrogen-bond donors (Lipinski definition) is 0. The van der Waals surface area contributed by atoms with Gasteiger partial charge in [-0.25, -0.2) is 9.59 Å². The largest absolute Gasteiger partial charge is 0.455 e. The highest BCUT2D eigenvalue weighted by atomic mass is 79.9. The number of benzene rings is 1. The highest BCUT2D eigenvalue weighted by Gasteiger charge is 2.41. The Bertz CT molecular complexity index is 984. The number of esters is 2. The zero-order valence-corrected chi connectivity index (χ0v) is 17.6. The van der Waals surface area contributed by atoms with E-state index < -0.39 is 35.0 Å². The normalized spacial score (nSPS) is 11.1. The summed E-state index contributed by atoms with van der Waals surface area (Å²) in [6, 6.07) is 7.37. The average Bonchev–Trinajstić information content (AvgIpc) is 2.98. The summed E-state index contributed by atoms with van der Waals surface area (Å²) in [6.45, 7) is -1.21. The molecule has 0 atom stereocenters. The van der Waals surface area contributed by atoms with Gasteiger partial charge in [0.05, 0.1) is 22.3 Å². The highest BCUT2D eigenvalue weighted by Crippen LogP contribution is 2.43. The van der Waals surface area contributed by atoms with E-state index in [1.807, 2.05) is 0 Å². The molecule has 0 N–H and O–H groups in total. The third-order valence-corrected chi connectivity index (χ3v) is 4.74. The fourth-order valence-corrected chi connectivity index (χ4v) is 3.30. The van der Waals surface area contributed by atoms with Crippen molar-refractivity contribution in [3.05, 3.63) is 45.0 Å². The molecule has 0 aliphatic heterocycles. The average molecular weight is 510 g/mol. The molecule has 0 bridgehead atoms. The van der Waals surface area contributed by atoms with Crippen molar-refractivity contribution in [1.29, 1.82) is 5.26 Å². The number of rotatable bonds is 6. The molecule has 0 spiro atoms. The van der Waals surface area contributed by atoms with Crippen LogP contribution >= 0.6 is 27.5 Å². The fourth-order valence-electron chi connectivity index (χ4n) is 2.46. The molecule has 0 saturated heterocycles. The molecule has 1 aromatic heterocycles. The molecular formula is C18H13BrClF3N2O5. The van der Waals surface area contributed by atoms with Crippen molar-refractivity contribution < 1.29 is 37.0 Å². The van der Waals surface area contributed by atoms with Gasteiger partial charge in [0.1, 0.15) is 18.4 Å². The Labute approximate surface area is 182 Å². The second-order valence-corrected chi connectivity index (χ2v) is 6.85. The molecule has 0 aliphatic carbocycles. The van der Waals surface area contributed by atoms with Crippen molar-refractivity contribution in [2.24, 2.45) is 0 Å². The van der Waals surface area contributed by atoms with Gasteiger partial charge in [-0.1, -0.05) is 23.7 Å². The minimum absolute atomic E-state index is 0.0219. The number of carbonyl (C=O) groups is 2. The van der Waals surface area contributed by atoms with Crippen molar-refractivity contribution in [2.45, 2.75) is 12.9 Å². The van der Waals surface area contributed by atoms with Gasteiger partial charge in [0.25, 0.3) is 0 Å². The molecule has 0 aliphatic rings. The summed E-state index contributed by atoms with van der Waals surface area (Å²) >= 11 is 8.62. The summed E-state index contributed by atoms with van der Waals surface area (Å²) in [5, 5.41) is 9.75. The van der Waals surface area contributed by atoms with E-state index in [1.54, 1.807) is 6.07 Å². The van der Waals surface area contributed by atoms with Crippen LogP contribution in [0.3, 0.4) is 0 Å². The summed E-state index contributed by atoms with van der Waals surface area (Å²) in [5.74, 6) is -2.88. The van der Waals surface area contributed by atoms with Crippen LogP contribution in [0.2, 0.25) is 5.02 Å². The Morgan fingerprint density at radius 1 is 1.17 bits per heavy atom. The standard InChI is InChI=1S/C18H13BrClF3N2O5/c1-28-6-7-29-16(26)17(27)30-9-25-14(10-2-4-11(20)5-3-10)12(8-24)13(19)15(25)18(21,22)23/h2-5H,6-7,9H2,1H3. The Kier molecular flexibility index (Phi) is 7.89. The number of halogens is 5. The number of carbonyl (C=O) groups excluding carboxylic acids is 2. The number of aromatic nitrogens is 1. The molecule has 1 heterocycles. The van der Waals surface area contributed by atoms with Crippen LogP contribution in [0.25, 0.3) is 11.3 Å². The smallest absolute Gasteiger partial charge is 0.432 e. The Balaban J connectivity index is 2.46. The molecule has 0 radical (unpaired) electrons. The molecule has 30 heavy (non-hydrogen) atoms. The van der Waals surface area contributed by atoms with Crippen LogP contribution in [0, 0.1) is 11.3 Å². The van der Waals surface area contributed by atoms with Crippen molar-refractivity contribution >= 4 is 39.5 Å². The Morgan fingerprint density at radius 2 is 1.77 bits per heavy atom. The maximum Gasteiger partial charge on any atom is 0.432 e. The van der Waals surface area contributed by atoms with Crippen molar-refractivity contribution in [3.63, 3.8) is 0 Å². The van der Waals surface area contributed by atoms with Gasteiger partial charge in [0.15, 0.2) is 6.73 Å². The SMILES string of the molecule is COCCOC(=O)C(=O)OCn1c(-c2ccc(Cl)cc2)c(C#N)c(Br)c1C(F)(F)F. The van der Waals surface area contributed by atoms with Gasteiger partial charge in [0, 0.05) is 12.1 Å². The van der Waals surface area contributed by atoms with Gasteiger partial charge < -0.3 is 18.8 Å². The first-order chi connectivity index (χ1) is 14.1. The monoisotopic (exact) mass is 508 g/mol. The van der Waals surface area contributed by atoms with Gasteiger partial charge in [-0.05, 0) is 33.6 Å². The highest BCUT2D eigenvalue weighted by molar-refractivity contribution is 9.10. The van der Waals surface area contributed by atoms with Gasteiger partial charge in [-0.3, -0.25) is 0 Å². The number of hydrogen-bond acceptors (Lipinski definition) is 6. The third kappa shape index (κ3) is 5.33. The van der Waals surface area contributed by atoms with E-state index in [0.717, 1.165) is 0 Å². The number of alkyl halides is 3. The summed E-state index contributed by atoms with van der Waals surface area (Å²) in [7, 11) is 1.35. The molecule has 12 heteroatoms. The zero-order valence-electron chi connectivity index (χ0n) is 15.3. The van der Waals surface area contributed by atoms with E-state index in [0.29, 0.717) is 9.59 Å². The van der Waals surface area contributed by atoms with Crippen molar-refractivity contribution in [2.75, 3.05) is 20.3 Å². The zero-order chi connectivity index (χ0) is 22.5. The topological polar surface area (TPSA) is 90.5 Å². The first-order valence-electron chi connectivity index (χ1n) is 8.09. The van der Waals surface area contributed by atoms with E-state index >= 15 is 0 Å². The number of methoxy groups -OCH3 is 1. The van der Waals surface area contributed by atoms with Crippen LogP contribution < -0.4 is 0 Å². The van der Waals surface area contributed by atoms with E-state index in [4.69, 9.17) is 16.3 Å². The minimum Gasteiger partial charge on any atom is -0.455 e. The second-order valence-electron chi connectivity index (χ2n) is 5.62. The van der Waals surface area contributed by atoms with E-state index in [-0.39, 0.29) is 30.0 Å². The first kappa shape index (κ1) is 23.7. The van der Waals surface area contributed by atoms with Gasteiger partial charge >= 0.3 is 18.1 Å². The quantitative estimate of drug-likeness (QED) is 0.330. The number of nitriles is 1. The lowest BCUT2D eigenvalue weighted by Gasteiger charge is -2.16. The van der Waals surface area contributed by atoms with E-state index in [2.05, 4.69) is 25.4 Å². The Morgan fingerprint density at radius 3 is 2.30 bits per heavy atom. The van der Waals surface area contributed by atoms with Gasteiger partial charge in [-0.2, -0.15) is 18.4 Å². The summed E-state index contributed by atoms with van der Waals surface area (Å²) < 4.78 is 55.0. The van der Waals surface area contributed by atoms with Crippen LogP contribution in [0.5, 0.6) is 0 Å². The van der Waals surface area contributed by atoms with E-state index in [9.17, 15) is 28.0 Å². The molecule has 2 aromatic rings. The first-order valence-corrected chi connectivity index (χ1v) is 9.27. The van der Waals surface area contributed by atoms with Crippen molar-refractivity contribution in [3.8, 4) is 17.3 Å². The summed E-state index contributed by atoms with van der Waals surface area (Å²) in [5.41, 5.74) is -1.55. The maximum atomic E-state index is 13.7. The number of nitrogens with zero attached hydrogens (tertiary/aromatic N) is 2. The van der Waals surface area contributed by atoms with Crippen LogP contribution in [0.1, 0.15) is 11.3 Å². The second kappa shape index (κ2) is 9.97. The molecule has 0 fully saturated rings. The van der Waals surface area contributed by atoms with Crippen LogP contribution in [0.15, 0.2) is 28.7 Å². The minimum atomic E-state index is -4.90. The lowest BCUT2D eigenvalue weighted by molar-refractivity contribution is -0.172. The Hall–Kier alpha value is -2.55. The lowest BCUT2D eigenvalue weighted by Crippen LogP contribution is -2.24. The lowest BCUT2D eigenvalue weighted by atomic mass is 10.1. The van der Waals surface area contributed by atoms with Crippen LogP contribution in [-0.4, -0.2) is 36.8 Å². The predicted octanol–water partition coefficient (Wildman–Crippen LogP) is 4.15. The molecule has 160 valence electrons. The van der Waals surface area contributed by atoms with Crippen LogP contribution in [-0.2, 0) is 36.7 Å².